The Morgan fingerprint density at radius 1 is 1.39 bits per heavy atom. The second kappa shape index (κ2) is 4.45. The number of nitrogens with zero attached hydrogens (tertiary/aromatic N) is 2. The molecule has 98 valence electrons. The highest BCUT2D eigenvalue weighted by Crippen LogP contribution is 2.15. The number of aryl methyl sites for hydroxylation is 2. The summed E-state index contributed by atoms with van der Waals surface area (Å²) in [6.45, 7) is 3.67. The number of cyclic esters (lactones) is 1. The Bertz CT molecular complexity index is 565. The van der Waals surface area contributed by atoms with Gasteiger partial charge in [-0.25, -0.2) is 14.5 Å². The van der Waals surface area contributed by atoms with Crippen LogP contribution in [0.3, 0.4) is 0 Å². The summed E-state index contributed by atoms with van der Waals surface area (Å²) in [7, 11) is -3.95. The average molecular weight is 271 g/mol. The summed E-state index contributed by atoms with van der Waals surface area (Å²) in [6.07, 6.45) is -0.869. The summed E-state index contributed by atoms with van der Waals surface area (Å²) < 4.78 is 31.3. The number of hydrogen-bond acceptors (Lipinski definition) is 5. The fourth-order valence-corrected chi connectivity index (χ4v) is 2.72. The molecular weight excluding hydrogens is 258 g/mol. The Balaban J connectivity index is 2.24. The molecule has 1 amide bonds. The van der Waals surface area contributed by atoms with Crippen molar-refractivity contribution in [2.75, 3.05) is 17.9 Å². The van der Waals surface area contributed by atoms with Crippen molar-refractivity contribution in [3.8, 4) is 0 Å². The van der Waals surface area contributed by atoms with E-state index in [4.69, 9.17) is 0 Å². The van der Waals surface area contributed by atoms with Crippen molar-refractivity contribution in [2.45, 2.75) is 13.8 Å². The van der Waals surface area contributed by atoms with Crippen molar-refractivity contribution in [3.05, 3.63) is 23.4 Å². The number of pyridine rings is 1. The van der Waals surface area contributed by atoms with Gasteiger partial charge in [0.2, 0.25) is 0 Å². The molecule has 2 rings (SSSR count). The standard InChI is InChI=1S/C10H13N3O4S/c1-7-5-8(2)11-9(6-7)12-18(15,16)13-3-4-17-10(13)14/h5-6H,3-4H2,1-2H3,(H,11,12). The quantitative estimate of drug-likeness (QED) is 0.878. The van der Waals surface area contributed by atoms with E-state index in [-0.39, 0.29) is 19.0 Å². The second-order valence-corrected chi connectivity index (χ2v) is 5.56. The Morgan fingerprint density at radius 3 is 2.67 bits per heavy atom. The normalized spacial score (nSPS) is 15.7. The van der Waals surface area contributed by atoms with Gasteiger partial charge in [0.05, 0.1) is 6.54 Å². The van der Waals surface area contributed by atoms with Gasteiger partial charge < -0.3 is 4.74 Å². The van der Waals surface area contributed by atoms with Crippen molar-refractivity contribution in [3.63, 3.8) is 0 Å². The monoisotopic (exact) mass is 271 g/mol. The predicted octanol–water partition coefficient (Wildman–Crippen LogP) is 0.807. The van der Waals surface area contributed by atoms with Crippen LogP contribution >= 0.6 is 0 Å². The number of carbonyl (C=O) groups excluding carboxylic acids is 1. The molecule has 1 fully saturated rings. The fourth-order valence-electron chi connectivity index (χ4n) is 1.68. The molecule has 1 aliphatic heterocycles. The van der Waals surface area contributed by atoms with Crippen LogP contribution in [0.15, 0.2) is 12.1 Å². The number of amides is 1. The fraction of sp³-hybridized carbons (Fsp3) is 0.400. The van der Waals surface area contributed by atoms with E-state index in [1.54, 1.807) is 13.0 Å². The maximum atomic E-state index is 11.9. The third-order valence-electron chi connectivity index (χ3n) is 2.34. The van der Waals surface area contributed by atoms with Gasteiger partial charge in [-0.3, -0.25) is 0 Å². The largest absolute Gasteiger partial charge is 0.447 e. The first-order valence-corrected chi connectivity index (χ1v) is 6.75. The van der Waals surface area contributed by atoms with Crippen LogP contribution < -0.4 is 4.72 Å². The van der Waals surface area contributed by atoms with Crippen LogP contribution in [0.25, 0.3) is 0 Å². The molecule has 1 aromatic heterocycles. The van der Waals surface area contributed by atoms with Crippen LogP contribution in [0.5, 0.6) is 0 Å². The molecule has 1 aliphatic rings. The average Bonchev–Trinajstić information content (AvgIpc) is 2.62. The van der Waals surface area contributed by atoms with E-state index in [0.29, 0.717) is 10.00 Å². The van der Waals surface area contributed by atoms with E-state index >= 15 is 0 Å². The van der Waals surface area contributed by atoms with Crippen LogP contribution in [-0.2, 0) is 14.9 Å². The zero-order valence-corrected chi connectivity index (χ0v) is 10.8. The van der Waals surface area contributed by atoms with Crippen molar-refractivity contribution in [2.24, 2.45) is 0 Å². The second-order valence-electron chi connectivity index (χ2n) is 3.96. The van der Waals surface area contributed by atoms with Crippen molar-refractivity contribution < 1.29 is 17.9 Å². The molecule has 18 heavy (non-hydrogen) atoms. The molecule has 1 N–H and O–H groups in total. The van der Waals surface area contributed by atoms with E-state index in [2.05, 4.69) is 14.4 Å². The van der Waals surface area contributed by atoms with Crippen LogP contribution in [0, 0.1) is 13.8 Å². The van der Waals surface area contributed by atoms with Gasteiger partial charge in [0.15, 0.2) is 0 Å². The highest BCUT2D eigenvalue weighted by molar-refractivity contribution is 7.90. The lowest BCUT2D eigenvalue weighted by molar-refractivity contribution is 0.170. The molecular formula is C10H13N3O4S. The zero-order valence-electron chi connectivity index (χ0n) is 10.0. The topological polar surface area (TPSA) is 88.6 Å². The molecule has 0 saturated carbocycles. The number of carbonyl (C=O) groups is 1. The minimum atomic E-state index is -3.95. The third-order valence-corrected chi connectivity index (χ3v) is 3.72. The molecule has 0 atom stereocenters. The summed E-state index contributed by atoms with van der Waals surface area (Å²) in [5.41, 5.74) is 1.57. The summed E-state index contributed by atoms with van der Waals surface area (Å²) in [5.74, 6) is 0.187. The van der Waals surface area contributed by atoms with E-state index < -0.39 is 16.3 Å². The van der Waals surface area contributed by atoms with Gasteiger partial charge >= 0.3 is 16.3 Å². The summed E-state index contributed by atoms with van der Waals surface area (Å²) in [4.78, 5) is 15.3. The van der Waals surface area contributed by atoms with Gasteiger partial charge in [-0.15, -0.1) is 0 Å². The Labute approximate surface area is 105 Å². The van der Waals surface area contributed by atoms with Crippen LogP contribution in [-0.4, -0.2) is 37.0 Å². The number of anilines is 1. The van der Waals surface area contributed by atoms with Crippen LogP contribution in [0.4, 0.5) is 10.6 Å². The summed E-state index contributed by atoms with van der Waals surface area (Å²) in [5, 5.41) is 0. The highest BCUT2D eigenvalue weighted by atomic mass is 32.2. The first kappa shape index (κ1) is 12.6. The minimum absolute atomic E-state index is 0.0129. The van der Waals surface area contributed by atoms with E-state index in [0.717, 1.165) is 5.56 Å². The smallest absolute Gasteiger partial charge is 0.425 e. The summed E-state index contributed by atoms with van der Waals surface area (Å²) in [6, 6.07) is 3.41. The van der Waals surface area contributed by atoms with Crippen molar-refractivity contribution in [1.82, 2.24) is 9.29 Å². The summed E-state index contributed by atoms with van der Waals surface area (Å²) >= 11 is 0. The van der Waals surface area contributed by atoms with Gasteiger partial charge in [-0.05, 0) is 31.5 Å². The molecule has 2 heterocycles. The predicted molar refractivity (Wildman–Crippen MR) is 64.3 cm³/mol. The molecule has 0 unspecified atom stereocenters. The molecule has 1 saturated heterocycles. The SMILES string of the molecule is Cc1cc(C)nc(NS(=O)(=O)N2CCOC2=O)c1. The van der Waals surface area contributed by atoms with Gasteiger partial charge in [0, 0.05) is 5.69 Å². The zero-order chi connectivity index (χ0) is 13.3. The molecule has 0 aromatic carbocycles. The number of rotatable bonds is 3. The maximum Gasteiger partial charge on any atom is 0.425 e. The molecule has 7 nitrogen and oxygen atoms in total. The van der Waals surface area contributed by atoms with E-state index in [1.165, 1.54) is 0 Å². The van der Waals surface area contributed by atoms with Crippen LogP contribution in [0.1, 0.15) is 11.3 Å². The van der Waals surface area contributed by atoms with E-state index in [9.17, 15) is 13.2 Å². The van der Waals surface area contributed by atoms with Crippen LogP contribution in [0.2, 0.25) is 0 Å². The molecule has 0 bridgehead atoms. The molecule has 0 spiro atoms. The highest BCUT2D eigenvalue weighted by Gasteiger charge is 2.33. The number of aromatic nitrogens is 1. The van der Waals surface area contributed by atoms with Gasteiger partial charge in [0.1, 0.15) is 12.4 Å². The maximum absolute atomic E-state index is 11.9. The Morgan fingerprint density at radius 2 is 2.11 bits per heavy atom. The molecule has 0 radical (unpaired) electrons. The molecule has 8 heteroatoms. The van der Waals surface area contributed by atoms with Crippen molar-refractivity contribution >= 4 is 22.1 Å². The van der Waals surface area contributed by atoms with Crippen molar-refractivity contribution in [1.29, 1.82) is 0 Å². The molecule has 1 aromatic rings. The lowest BCUT2D eigenvalue weighted by atomic mass is 10.2. The first-order chi connectivity index (χ1) is 8.38. The lowest BCUT2D eigenvalue weighted by Gasteiger charge is -2.14. The van der Waals surface area contributed by atoms with Gasteiger partial charge in [-0.1, -0.05) is 0 Å². The number of hydrogen-bond donors (Lipinski definition) is 1. The Kier molecular flexibility index (Phi) is 3.12. The molecule has 0 aliphatic carbocycles. The minimum Gasteiger partial charge on any atom is -0.447 e. The number of ether oxygens (including phenoxy) is 1. The lowest BCUT2D eigenvalue weighted by Crippen LogP contribution is -2.36. The third kappa shape index (κ3) is 2.53. The van der Waals surface area contributed by atoms with E-state index in [1.807, 2.05) is 13.0 Å². The number of nitrogens with one attached hydrogen (secondary N) is 1. The Hall–Kier alpha value is -1.83. The van der Waals surface area contributed by atoms with Gasteiger partial charge in [-0.2, -0.15) is 12.7 Å². The first-order valence-electron chi connectivity index (χ1n) is 5.31. The van der Waals surface area contributed by atoms with Gasteiger partial charge in [0.25, 0.3) is 0 Å².